The monoisotopic (exact) mass is 407 g/mol. The number of para-hydroxylation sites is 1. The molecule has 1 saturated heterocycles. The van der Waals surface area contributed by atoms with Crippen molar-refractivity contribution in [2.45, 2.75) is 25.7 Å². The molecular formula is C22H21N3OS2. The molecule has 5 rings (SSSR count). The van der Waals surface area contributed by atoms with Crippen LogP contribution in [0.15, 0.2) is 47.3 Å². The number of rotatable bonds is 3. The van der Waals surface area contributed by atoms with E-state index in [4.69, 9.17) is 0 Å². The summed E-state index contributed by atoms with van der Waals surface area (Å²) in [5.74, 6) is 0.637. The van der Waals surface area contributed by atoms with Gasteiger partial charge < -0.3 is 9.88 Å². The maximum Gasteiger partial charge on any atom is 0.265 e. The van der Waals surface area contributed by atoms with Crippen LogP contribution in [0.2, 0.25) is 0 Å². The number of aromatic nitrogens is 2. The third-order valence-corrected chi connectivity index (χ3v) is 7.48. The van der Waals surface area contributed by atoms with Crippen LogP contribution in [0, 0.1) is 6.92 Å². The Bertz CT molecular complexity index is 1120. The number of thiophene rings is 1. The van der Waals surface area contributed by atoms with Gasteiger partial charge in [0.05, 0.1) is 5.69 Å². The number of hydrogen-bond donors (Lipinski definition) is 1. The molecule has 1 amide bonds. The van der Waals surface area contributed by atoms with Crippen LogP contribution in [-0.2, 0) is 0 Å². The van der Waals surface area contributed by atoms with Gasteiger partial charge in [0.1, 0.15) is 9.88 Å². The fraction of sp³-hybridized carbons (Fsp3) is 0.273. The van der Waals surface area contributed by atoms with Crippen molar-refractivity contribution in [1.82, 2.24) is 14.9 Å². The van der Waals surface area contributed by atoms with E-state index < -0.39 is 0 Å². The molecule has 1 aliphatic heterocycles. The number of likely N-dealkylation sites (tertiary alicyclic amines) is 1. The number of piperidine rings is 1. The van der Waals surface area contributed by atoms with Gasteiger partial charge in [0.25, 0.3) is 5.91 Å². The smallest absolute Gasteiger partial charge is 0.265 e. The lowest BCUT2D eigenvalue weighted by atomic mass is 9.89. The molecule has 0 radical (unpaired) electrons. The maximum atomic E-state index is 13.1. The number of carbonyl (C=O) groups is 1. The summed E-state index contributed by atoms with van der Waals surface area (Å²) in [6.07, 6.45) is 4.15. The van der Waals surface area contributed by atoms with E-state index in [9.17, 15) is 4.79 Å². The molecular weight excluding hydrogens is 386 g/mol. The van der Waals surface area contributed by atoms with Gasteiger partial charge in [-0.2, -0.15) is 11.3 Å². The van der Waals surface area contributed by atoms with Crippen LogP contribution < -0.4 is 0 Å². The average molecular weight is 408 g/mol. The molecule has 4 aromatic rings. The molecule has 0 bridgehead atoms. The summed E-state index contributed by atoms with van der Waals surface area (Å²) in [5, 5.41) is 6.38. The van der Waals surface area contributed by atoms with Crippen LogP contribution in [-0.4, -0.2) is 33.9 Å². The van der Waals surface area contributed by atoms with Gasteiger partial charge in [-0.25, -0.2) is 4.98 Å². The van der Waals surface area contributed by atoms with E-state index in [1.54, 1.807) is 11.3 Å². The lowest BCUT2D eigenvalue weighted by Crippen LogP contribution is -2.37. The molecule has 0 aliphatic carbocycles. The fourth-order valence-electron chi connectivity index (χ4n) is 4.07. The van der Waals surface area contributed by atoms with Crippen molar-refractivity contribution in [3.63, 3.8) is 0 Å². The number of H-pyrrole nitrogens is 1. The van der Waals surface area contributed by atoms with Gasteiger partial charge in [-0.1, -0.05) is 18.2 Å². The Balaban J connectivity index is 1.31. The van der Waals surface area contributed by atoms with Crippen molar-refractivity contribution in [2.75, 3.05) is 13.1 Å². The van der Waals surface area contributed by atoms with Gasteiger partial charge in [0.15, 0.2) is 0 Å². The number of carbonyl (C=O) groups excluding carboxylic acids is 1. The van der Waals surface area contributed by atoms with Crippen LogP contribution in [0.1, 0.15) is 39.7 Å². The van der Waals surface area contributed by atoms with Gasteiger partial charge in [-0.15, -0.1) is 11.3 Å². The van der Waals surface area contributed by atoms with Gasteiger partial charge in [-0.3, -0.25) is 4.79 Å². The average Bonchev–Trinajstić information content (AvgIpc) is 3.47. The van der Waals surface area contributed by atoms with Crippen LogP contribution in [0.4, 0.5) is 0 Å². The van der Waals surface area contributed by atoms with E-state index in [0.717, 1.165) is 47.1 Å². The first kappa shape index (κ1) is 17.6. The number of aryl methyl sites for hydroxylation is 1. The third kappa shape index (κ3) is 3.06. The van der Waals surface area contributed by atoms with Crippen molar-refractivity contribution in [3.05, 3.63) is 63.4 Å². The minimum absolute atomic E-state index is 0.133. The topological polar surface area (TPSA) is 49.0 Å². The van der Waals surface area contributed by atoms with Crippen molar-refractivity contribution >= 4 is 39.5 Å². The number of nitrogens with one attached hydrogen (secondary N) is 1. The Morgan fingerprint density at radius 1 is 1.21 bits per heavy atom. The molecule has 4 heterocycles. The van der Waals surface area contributed by atoms with Gasteiger partial charge in [0, 0.05) is 41.1 Å². The van der Waals surface area contributed by atoms with E-state index >= 15 is 0 Å². The van der Waals surface area contributed by atoms with Crippen molar-refractivity contribution in [3.8, 4) is 10.6 Å². The summed E-state index contributed by atoms with van der Waals surface area (Å²) < 4.78 is 0. The first-order valence-electron chi connectivity index (χ1n) is 9.56. The van der Waals surface area contributed by atoms with E-state index in [-0.39, 0.29) is 5.91 Å². The Kier molecular flexibility index (Phi) is 4.53. The molecule has 142 valence electrons. The Morgan fingerprint density at radius 3 is 2.82 bits per heavy atom. The number of aromatic amines is 1. The molecule has 4 nitrogen and oxygen atoms in total. The highest BCUT2D eigenvalue weighted by atomic mass is 32.1. The van der Waals surface area contributed by atoms with Crippen molar-refractivity contribution in [2.24, 2.45) is 0 Å². The third-order valence-electron chi connectivity index (χ3n) is 5.60. The van der Waals surface area contributed by atoms with Gasteiger partial charge in [-0.05, 0) is 48.8 Å². The summed E-state index contributed by atoms with van der Waals surface area (Å²) in [5.41, 5.74) is 4.53. The molecule has 0 spiro atoms. The number of amides is 1. The quantitative estimate of drug-likeness (QED) is 0.475. The minimum Gasteiger partial charge on any atom is -0.361 e. The van der Waals surface area contributed by atoms with Crippen molar-refractivity contribution in [1.29, 1.82) is 0 Å². The maximum absolute atomic E-state index is 13.1. The molecule has 1 aliphatic rings. The summed E-state index contributed by atoms with van der Waals surface area (Å²) in [4.78, 5) is 23.9. The summed E-state index contributed by atoms with van der Waals surface area (Å²) in [6, 6.07) is 10.5. The highest BCUT2D eigenvalue weighted by molar-refractivity contribution is 7.17. The zero-order chi connectivity index (χ0) is 19.1. The fourth-order valence-corrected chi connectivity index (χ4v) is 5.82. The molecule has 1 aromatic carbocycles. The number of hydrogen-bond acceptors (Lipinski definition) is 4. The van der Waals surface area contributed by atoms with Crippen LogP contribution >= 0.6 is 22.7 Å². The summed E-state index contributed by atoms with van der Waals surface area (Å²) >= 11 is 3.17. The second kappa shape index (κ2) is 7.18. The lowest BCUT2D eigenvalue weighted by Gasteiger charge is -2.31. The Morgan fingerprint density at radius 2 is 2.04 bits per heavy atom. The Hall–Kier alpha value is -2.44. The first-order valence-corrected chi connectivity index (χ1v) is 11.3. The standard InChI is InChI=1S/C22H21N3OS2/c1-14-20(28-21(24-14)16-8-11-27-13-16)22(26)25-9-6-15(7-10-25)18-12-23-19-5-3-2-4-17(18)19/h2-5,8,11-13,15,23H,6-7,9-10H2,1H3. The predicted molar refractivity (Wildman–Crippen MR) is 116 cm³/mol. The van der Waals surface area contributed by atoms with E-state index in [2.05, 4.69) is 51.9 Å². The molecule has 1 N–H and O–H groups in total. The first-order chi connectivity index (χ1) is 13.7. The number of nitrogens with zero attached hydrogens (tertiary/aromatic N) is 2. The molecule has 1 fully saturated rings. The van der Waals surface area contributed by atoms with Gasteiger partial charge in [0.2, 0.25) is 0 Å². The molecule has 6 heteroatoms. The minimum atomic E-state index is 0.133. The zero-order valence-electron chi connectivity index (χ0n) is 15.6. The normalized spacial score (nSPS) is 15.4. The second-order valence-electron chi connectivity index (χ2n) is 7.30. The van der Waals surface area contributed by atoms with E-state index in [0.29, 0.717) is 5.92 Å². The highest BCUT2D eigenvalue weighted by Gasteiger charge is 2.28. The second-order valence-corrected chi connectivity index (χ2v) is 9.08. The van der Waals surface area contributed by atoms with E-state index in [1.165, 1.54) is 27.8 Å². The van der Waals surface area contributed by atoms with Crippen LogP contribution in [0.3, 0.4) is 0 Å². The largest absolute Gasteiger partial charge is 0.361 e. The predicted octanol–water partition coefficient (Wildman–Crippen LogP) is 5.68. The van der Waals surface area contributed by atoms with E-state index in [1.807, 2.05) is 17.2 Å². The highest BCUT2D eigenvalue weighted by Crippen LogP contribution is 2.35. The zero-order valence-corrected chi connectivity index (χ0v) is 17.3. The van der Waals surface area contributed by atoms with Crippen LogP contribution in [0.25, 0.3) is 21.5 Å². The summed E-state index contributed by atoms with van der Waals surface area (Å²) in [6.45, 7) is 3.54. The molecule has 28 heavy (non-hydrogen) atoms. The SMILES string of the molecule is Cc1nc(-c2ccsc2)sc1C(=O)N1CCC(c2c[nH]c3ccccc23)CC1. The molecule has 3 aromatic heterocycles. The summed E-state index contributed by atoms with van der Waals surface area (Å²) in [7, 11) is 0. The number of fused-ring (bicyclic) bond motifs is 1. The number of thiazole rings is 1. The molecule has 0 saturated carbocycles. The Labute approximate surface area is 171 Å². The lowest BCUT2D eigenvalue weighted by molar-refractivity contribution is 0.0717. The van der Waals surface area contributed by atoms with Gasteiger partial charge >= 0.3 is 0 Å². The van der Waals surface area contributed by atoms with Crippen molar-refractivity contribution < 1.29 is 4.79 Å². The molecule has 0 atom stereocenters. The van der Waals surface area contributed by atoms with Crippen LogP contribution in [0.5, 0.6) is 0 Å². The molecule has 0 unspecified atom stereocenters. The number of benzene rings is 1.